The van der Waals surface area contributed by atoms with Crippen molar-refractivity contribution >= 4 is 18.3 Å². The number of rotatable bonds is 3. The van der Waals surface area contributed by atoms with Gasteiger partial charge in [-0.3, -0.25) is 15.1 Å². The van der Waals surface area contributed by atoms with Gasteiger partial charge in [0, 0.05) is 44.2 Å². The fourth-order valence-corrected chi connectivity index (χ4v) is 5.88. The average Bonchev–Trinajstić information content (AvgIpc) is 3.18. The van der Waals surface area contributed by atoms with E-state index in [-0.39, 0.29) is 18.4 Å². The van der Waals surface area contributed by atoms with Gasteiger partial charge in [0.2, 0.25) is 5.91 Å². The molecule has 1 aromatic carbocycles. The van der Waals surface area contributed by atoms with Crippen LogP contribution in [0, 0.1) is 11.8 Å². The monoisotopic (exact) mass is 419 g/mol. The van der Waals surface area contributed by atoms with E-state index < -0.39 is 0 Å². The van der Waals surface area contributed by atoms with Gasteiger partial charge in [0.1, 0.15) is 6.04 Å². The van der Waals surface area contributed by atoms with Gasteiger partial charge in [-0.2, -0.15) is 0 Å². The van der Waals surface area contributed by atoms with Gasteiger partial charge >= 0.3 is 0 Å². The maximum Gasteiger partial charge on any atom is 0.241 e. The van der Waals surface area contributed by atoms with Crippen LogP contribution in [0.5, 0.6) is 0 Å². The van der Waals surface area contributed by atoms with Gasteiger partial charge in [0.15, 0.2) is 0 Å². The zero-order chi connectivity index (χ0) is 18.9. The molecule has 160 valence electrons. The molecular formula is C22H34ClN5O. The van der Waals surface area contributed by atoms with Gasteiger partial charge in [0.05, 0.1) is 0 Å². The standard InChI is InChI=1S/C22H33N5O.ClH/c28-22(21-18-13-23-10-8-19(18)24-25-21)27-12-9-20-17(15-27)7-4-11-26(20)14-16-5-2-1-3-6-16;/h1-3,5-6,17-21,23-25H,4,7-15H2;1H. The predicted molar refractivity (Wildman–Crippen MR) is 117 cm³/mol. The zero-order valence-corrected chi connectivity index (χ0v) is 17.9. The highest BCUT2D eigenvalue weighted by molar-refractivity contribution is 5.85. The molecule has 1 aromatic rings. The van der Waals surface area contributed by atoms with Gasteiger partial charge in [-0.15, -0.1) is 12.4 Å². The Morgan fingerprint density at radius 2 is 1.93 bits per heavy atom. The van der Waals surface area contributed by atoms with E-state index in [1.54, 1.807) is 0 Å². The number of likely N-dealkylation sites (tertiary alicyclic amines) is 2. The van der Waals surface area contributed by atoms with Crippen molar-refractivity contribution < 1.29 is 4.79 Å². The highest BCUT2D eigenvalue weighted by Crippen LogP contribution is 2.32. The van der Waals surface area contributed by atoms with E-state index in [4.69, 9.17) is 0 Å². The van der Waals surface area contributed by atoms with Crippen molar-refractivity contribution in [3.8, 4) is 0 Å². The molecule has 3 N–H and O–H groups in total. The van der Waals surface area contributed by atoms with Gasteiger partial charge in [-0.1, -0.05) is 30.3 Å². The Labute approximate surface area is 180 Å². The summed E-state index contributed by atoms with van der Waals surface area (Å²) in [5.74, 6) is 1.30. The third-order valence-corrected chi connectivity index (χ3v) is 7.37. The SMILES string of the molecule is Cl.O=C(C1NNC2CCNCC21)N1CCC2C(CCCN2Cc2ccccc2)C1. The van der Waals surface area contributed by atoms with Crippen LogP contribution < -0.4 is 16.2 Å². The number of fused-ring (bicyclic) bond motifs is 2. The van der Waals surface area contributed by atoms with E-state index in [9.17, 15) is 4.79 Å². The number of hydrazine groups is 1. The summed E-state index contributed by atoms with van der Waals surface area (Å²) in [5.41, 5.74) is 8.09. The molecule has 4 fully saturated rings. The minimum atomic E-state index is -0.0710. The molecule has 0 aliphatic carbocycles. The topological polar surface area (TPSA) is 59.6 Å². The number of amides is 1. The third kappa shape index (κ3) is 4.32. The number of nitrogens with zero attached hydrogens (tertiary/aromatic N) is 2. The fraction of sp³-hybridized carbons (Fsp3) is 0.682. The lowest BCUT2D eigenvalue weighted by molar-refractivity contribution is -0.138. The fourth-order valence-electron chi connectivity index (χ4n) is 5.88. The Hall–Kier alpha value is -1.18. The normalized spacial score (nSPS) is 34.8. The smallest absolute Gasteiger partial charge is 0.241 e. The summed E-state index contributed by atoms with van der Waals surface area (Å²) in [5, 5.41) is 3.46. The Bertz CT molecular complexity index is 689. The van der Waals surface area contributed by atoms with Crippen molar-refractivity contribution in [2.75, 3.05) is 32.7 Å². The van der Waals surface area contributed by atoms with E-state index in [0.717, 1.165) is 45.6 Å². The van der Waals surface area contributed by atoms with Crippen molar-refractivity contribution in [2.24, 2.45) is 11.8 Å². The van der Waals surface area contributed by atoms with E-state index >= 15 is 0 Å². The Kier molecular flexibility index (Phi) is 6.76. The number of nitrogens with one attached hydrogen (secondary N) is 3. The lowest BCUT2D eigenvalue weighted by Crippen LogP contribution is -2.58. The molecule has 0 aromatic heterocycles. The van der Waals surface area contributed by atoms with Crippen LogP contribution in [-0.4, -0.2) is 66.6 Å². The Balaban J connectivity index is 0.00000205. The van der Waals surface area contributed by atoms with Gasteiger partial charge in [-0.05, 0) is 50.3 Å². The molecule has 0 saturated carbocycles. The average molecular weight is 420 g/mol. The highest BCUT2D eigenvalue weighted by Gasteiger charge is 2.45. The molecule has 7 heteroatoms. The zero-order valence-electron chi connectivity index (χ0n) is 17.1. The van der Waals surface area contributed by atoms with Crippen LogP contribution in [-0.2, 0) is 11.3 Å². The Morgan fingerprint density at radius 1 is 1.07 bits per heavy atom. The molecule has 0 spiro atoms. The number of carbonyl (C=O) groups excluding carboxylic acids is 1. The van der Waals surface area contributed by atoms with Crippen molar-refractivity contribution in [3.05, 3.63) is 35.9 Å². The molecule has 4 heterocycles. The van der Waals surface area contributed by atoms with E-state index in [1.807, 2.05) is 0 Å². The molecule has 4 saturated heterocycles. The number of carbonyl (C=O) groups is 1. The molecule has 5 unspecified atom stereocenters. The number of hydrogen-bond donors (Lipinski definition) is 3. The minimum Gasteiger partial charge on any atom is -0.341 e. The molecule has 4 aliphatic rings. The second kappa shape index (κ2) is 9.31. The molecule has 29 heavy (non-hydrogen) atoms. The summed E-state index contributed by atoms with van der Waals surface area (Å²) in [7, 11) is 0. The highest BCUT2D eigenvalue weighted by atomic mass is 35.5. The molecule has 4 aliphatic heterocycles. The largest absolute Gasteiger partial charge is 0.341 e. The van der Waals surface area contributed by atoms with Crippen molar-refractivity contribution in [3.63, 3.8) is 0 Å². The quantitative estimate of drug-likeness (QED) is 0.691. The number of piperidine rings is 3. The summed E-state index contributed by atoms with van der Waals surface area (Å²) in [6.07, 6.45) is 4.70. The summed E-state index contributed by atoms with van der Waals surface area (Å²) in [4.78, 5) is 18.1. The first-order valence-electron chi connectivity index (χ1n) is 11.1. The van der Waals surface area contributed by atoms with Crippen LogP contribution in [0.2, 0.25) is 0 Å². The predicted octanol–water partition coefficient (Wildman–Crippen LogP) is 1.38. The summed E-state index contributed by atoms with van der Waals surface area (Å²) >= 11 is 0. The van der Waals surface area contributed by atoms with Crippen LogP contribution in [0.1, 0.15) is 31.2 Å². The number of halogens is 1. The maximum absolute atomic E-state index is 13.3. The van der Waals surface area contributed by atoms with Crippen LogP contribution in [0.15, 0.2) is 30.3 Å². The second-order valence-corrected chi connectivity index (χ2v) is 9.03. The summed E-state index contributed by atoms with van der Waals surface area (Å²) < 4.78 is 0. The summed E-state index contributed by atoms with van der Waals surface area (Å²) in [6, 6.07) is 11.8. The molecule has 5 rings (SSSR count). The minimum absolute atomic E-state index is 0. The molecule has 0 radical (unpaired) electrons. The Morgan fingerprint density at radius 3 is 2.79 bits per heavy atom. The third-order valence-electron chi connectivity index (χ3n) is 7.37. The van der Waals surface area contributed by atoms with Crippen LogP contribution in [0.25, 0.3) is 0 Å². The molecule has 0 bridgehead atoms. The first-order chi connectivity index (χ1) is 13.8. The lowest BCUT2D eigenvalue weighted by Gasteiger charge is -2.48. The molecular weight excluding hydrogens is 386 g/mol. The van der Waals surface area contributed by atoms with Gasteiger partial charge in [-0.25, -0.2) is 5.43 Å². The second-order valence-electron chi connectivity index (χ2n) is 9.03. The van der Waals surface area contributed by atoms with Gasteiger partial charge < -0.3 is 10.2 Å². The van der Waals surface area contributed by atoms with E-state index in [1.165, 1.54) is 24.9 Å². The van der Waals surface area contributed by atoms with Crippen molar-refractivity contribution in [1.29, 1.82) is 0 Å². The molecule has 6 nitrogen and oxygen atoms in total. The lowest BCUT2D eigenvalue weighted by atomic mass is 9.82. The van der Waals surface area contributed by atoms with Crippen LogP contribution in [0.4, 0.5) is 0 Å². The maximum atomic E-state index is 13.3. The number of benzene rings is 1. The molecule has 5 atom stereocenters. The van der Waals surface area contributed by atoms with Crippen molar-refractivity contribution in [2.45, 2.75) is 50.4 Å². The van der Waals surface area contributed by atoms with Gasteiger partial charge in [0.25, 0.3) is 0 Å². The first kappa shape index (κ1) is 21.1. The van der Waals surface area contributed by atoms with E-state index in [0.29, 0.717) is 29.8 Å². The van der Waals surface area contributed by atoms with Crippen LogP contribution in [0.3, 0.4) is 0 Å². The van der Waals surface area contributed by atoms with Crippen LogP contribution >= 0.6 is 12.4 Å². The number of hydrogen-bond acceptors (Lipinski definition) is 5. The molecule has 1 amide bonds. The first-order valence-corrected chi connectivity index (χ1v) is 11.1. The van der Waals surface area contributed by atoms with Crippen molar-refractivity contribution in [1.82, 2.24) is 26.0 Å². The summed E-state index contributed by atoms with van der Waals surface area (Å²) in [6.45, 7) is 6.03. The van der Waals surface area contributed by atoms with E-state index in [2.05, 4.69) is 56.3 Å².